The lowest BCUT2D eigenvalue weighted by Gasteiger charge is -1.91. The molecule has 0 aliphatic heterocycles. The van der Waals surface area contributed by atoms with Crippen LogP contribution in [0.5, 0.6) is 0 Å². The number of rotatable bonds is 2. The lowest BCUT2D eigenvalue weighted by molar-refractivity contribution is 1.11. The van der Waals surface area contributed by atoms with Gasteiger partial charge in [-0.25, -0.2) is 0 Å². The molecule has 0 unspecified atom stereocenters. The first-order valence-corrected chi connectivity index (χ1v) is 4.18. The average Bonchev–Trinajstić information content (AvgIpc) is 2.58. The van der Waals surface area contributed by atoms with Crippen LogP contribution in [-0.2, 0) is 0 Å². The van der Waals surface area contributed by atoms with Crippen molar-refractivity contribution in [3.8, 4) is 0 Å². The number of aromatic amines is 1. The lowest BCUT2D eigenvalue weighted by atomic mass is 10.4. The summed E-state index contributed by atoms with van der Waals surface area (Å²) in [6, 6.07) is 3.53. The lowest BCUT2D eigenvalue weighted by Crippen LogP contribution is -1.84. The van der Waals surface area contributed by atoms with Gasteiger partial charge in [-0.3, -0.25) is 10.1 Å². The molecule has 0 fully saturated rings. The maximum atomic E-state index is 5.54. The van der Waals surface area contributed by atoms with E-state index in [0.717, 1.165) is 0 Å². The number of hydrogen-bond acceptors (Lipinski definition) is 6. The van der Waals surface area contributed by atoms with E-state index in [0.29, 0.717) is 17.2 Å². The first-order chi connectivity index (χ1) is 7.27. The third-order valence-corrected chi connectivity index (χ3v) is 1.71. The van der Waals surface area contributed by atoms with Crippen LogP contribution in [0.3, 0.4) is 0 Å². The minimum Gasteiger partial charge on any atom is -0.382 e. The van der Waals surface area contributed by atoms with Gasteiger partial charge in [0.15, 0.2) is 11.5 Å². The first-order valence-electron chi connectivity index (χ1n) is 4.18. The van der Waals surface area contributed by atoms with Crippen molar-refractivity contribution < 1.29 is 0 Å². The summed E-state index contributed by atoms with van der Waals surface area (Å²) < 4.78 is 0. The maximum Gasteiger partial charge on any atom is 0.175 e. The van der Waals surface area contributed by atoms with E-state index in [1.165, 1.54) is 0 Å². The highest BCUT2D eigenvalue weighted by molar-refractivity contribution is 5.70. The zero-order chi connectivity index (χ0) is 10.7. The number of azo groups is 1. The third kappa shape index (κ3) is 1.90. The van der Waals surface area contributed by atoms with E-state index in [4.69, 9.17) is 11.5 Å². The fourth-order valence-electron chi connectivity index (χ4n) is 0.990. The van der Waals surface area contributed by atoms with Crippen molar-refractivity contribution in [3.05, 3.63) is 24.5 Å². The topological polar surface area (TPSA) is 118 Å². The van der Waals surface area contributed by atoms with Gasteiger partial charge in [0, 0.05) is 6.20 Å². The molecule has 0 atom stereocenters. The Balaban J connectivity index is 2.26. The van der Waals surface area contributed by atoms with E-state index in [1.807, 2.05) is 0 Å². The van der Waals surface area contributed by atoms with E-state index >= 15 is 0 Å². The summed E-state index contributed by atoms with van der Waals surface area (Å²) in [5.41, 5.74) is 12.0. The van der Waals surface area contributed by atoms with Crippen LogP contribution in [-0.4, -0.2) is 15.2 Å². The van der Waals surface area contributed by atoms with E-state index in [2.05, 4.69) is 25.4 Å². The van der Waals surface area contributed by atoms with Crippen LogP contribution in [0, 0.1) is 0 Å². The van der Waals surface area contributed by atoms with Gasteiger partial charge in [0.25, 0.3) is 0 Å². The molecule has 0 amide bonds. The summed E-state index contributed by atoms with van der Waals surface area (Å²) >= 11 is 0. The van der Waals surface area contributed by atoms with Crippen LogP contribution in [0.1, 0.15) is 0 Å². The Kier molecular flexibility index (Phi) is 2.28. The number of anilines is 2. The molecule has 0 saturated carbocycles. The van der Waals surface area contributed by atoms with E-state index in [9.17, 15) is 0 Å². The van der Waals surface area contributed by atoms with Gasteiger partial charge in [0.1, 0.15) is 11.5 Å². The predicted octanol–water partition coefficient (Wildman–Crippen LogP) is 1.38. The Hall–Kier alpha value is -2.44. The number of nitrogens with two attached hydrogens (primary N) is 2. The number of aromatic nitrogens is 3. The van der Waals surface area contributed by atoms with Crippen LogP contribution in [0.2, 0.25) is 0 Å². The van der Waals surface area contributed by atoms with Crippen molar-refractivity contribution >= 4 is 23.0 Å². The molecule has 7 heteroatoms. The largest absolute Gasteiger partial charge is 0.382 e. The molecule has 0 bridgehead atoms. The molecule has 2 aromatic rings. The van der Waals surface area contributed by atoms with Crippen LogP contribution in [0.15, 0.2) is 34.8 Å². The normalized spacial score (nSPS) is 10.9. The molecule has 0 radical (unpaired) electrons. The summed E-state index contributed by atoms with van der Waals surface area (Å²) in [7, 11) is 0. The summed E-state index contributed by atoms with van der Waals surface area (Å²) in [4.78, 5) is 3.89. The second-order valence-electron chi connectivity index (χ2n) is 2.78. The molecular formula is C8H9N7. The van der Waals surface area contributed by atoms with Crippen molar-refractivity contribution in [2.45, 2.75) is 0 Å². The number of nitrogen functional groups attached to an aromatic ring is 2. The molecular weight excluding hydrogens is 194 g/mol. The Bertz CT molecular complexity index is 453. The summed E-state index contributed by atoms with van der Waals surface area (Å²) in [5.74, 6) is 0.514. The smallest absolute Gasteiger partial charge is 0.175 e. The minimum absolute atomic E-state index is 0.222. The van der Waals surface area contributed by atoms with E-state index < -0.39 is 0 Å². The Morgan fingerprint density at radius 1 is 1.27 bits per heavy atom. The summed E-state index contributed by atoms with van der Waals surface area (Å²) in [6.45, 7) is 0. The van der Waals surface area contributed by atoms with Gasteiger partial charge in [-0.1, -0.05) is 0 Å². The van der Waals surface area contributed by atoms with E-state index in [-0.39, 0.29) is 5.82 Å². The van der Waals surface area contributed by atoms with Crippen molar-refractivity contribution in [2.24, 2.45) is 10.2 Å². The van der Waals surface area contributed by atoms with Crippen molar-refractivity contribution in [2.75, 3.05) is 11.5 Å². The highest BCUT2D eigenvalue weighted by Gasteiger charge is 2.05. The molecule has 2 heterocycles. The van der Waals surface area contributed by atoms with Gasteiger partial charge in [0.2, 0.25) is 0 Å². The van der Waals surface area contributed by atoms with E-state index in [1.54, 1.807) is 24.5 Å². The zero-order valence-corrected chi connectivity index (χ0v) is 7.75. The molecule has 76 valence electrons. The Labute approximate surface area is 85.2 Å². The molecule has 2 aromatic heterocycles. The van der Waals surface area contributed by atoms with Gasteiger partial charge >= 0.3 is 0 Å². The van der Waals surface area contributed by atoms with Crippen LogP contribution < -0.4 is 11.5 Å². The van der Waals surface area contributed by atoms with Crippen molar-refractivity contribution in [1.82, 2.24) is 15.2 Å². The van der Waals surface area contributed by atoms with Crippen molar-refractivity contribution in [1.29, 1.82) is 0 Å². The maximum absolute atomic E-state index is 5.54. The first kappa shape index (κ1) is 9.13. The quantitative estimate of drug-likeness (QED) is 0.639. The Morgan fingerprint density at radius 2 is 2.13 bits per heavy atom. The highest BCUT2D eigenvalue weighted by atomic mass is 15.2. The molecule has 2 rings (SSSR count). The van der Waals surface area contributed by atoms with Gasteiger partial charge in [0.05, 0.1) is 6.20 Å². The van der Waals surface area contributed by atoms with Crippen LogP contribution in [0.25, 0.3) is 0 Å². The number of nitrogens with one attached hydrogen (secondary N) is 1. The SMILES string of the molecule is Nc1n[nH]c(N)c1N=Nc1cccnc1. The molecule has 0 spiro atoms. The second kappa shape index (κ2) is 3.74. The average molecular weight is 203 g/mol. The van der Waals surface area contributed by atoms with Crippen LogP contribution >= 0.6 is 0 Å². The second-order valence-corrected chi connectivity index (χ2v) is 2.78. The zero-order valence-electron chi connectivity index (χ0n) is 7.75. The minimum atomic E-state index is 0.222. The standard InChI is InChI=1S/C8H9N7/c9-7-6(8(10)15-14-7)13-12-5-2-1-3-11-4-5/h1-4H,(H5,9,10,14,15). The highest BCUT2D eigenvalue weighted by Crippen LogP contribution is 2.27. The summed E-state index contributed by atoms with van der Waals surface area (Å²) in [6.07, 6.45) is 3.23. The number of hydrogen-bond donors (Lipinski definition) is 3. The fourth-order valence-corrected chi connectivity index (χ4v) is 0.990. The summed E-state index contributed by atoms with van der Waals surface area (Å²) in [5, 5.41) is 14.0. The molecule has 0 aromatic carbocycles. The van der Waals surface area contributed by atoms with Gasteiger partial charge in [-0.15, -0.1) is 10.2 Å². The Morgan fingerprint density at radius 3 is 2.73 bits per heavy atom. The van der Waals surface area contributed by atoms with Gasteiger partial charge in [-0.2, -0.15) is 5.10 Å². The molecule has 15 heavy (non-hydrogen) atoms. The fraction of sp³-hybridized carbons (Fsp3) is 0. The third-order valence-electron chi connectivity index (χ3n) is 1.71. The van der Waals surface area contributed by atoms with Gasteiger partial charge in [-0.05, 0) is 12.1 Å². The van der Waals surface area contributed by atoms with Crippen LogP contribution in [0.4, 0.5) is 23.0 Å². The molecule has 7 nitrogen and oxygen atoms in total. The molecule has 0 aliphatic carbocycles. The predicted molar refractivity (Wildman–Crippen MR) is 55.8 cm³/mol. The van der Waals surface area contributed by atoms with Crippen molar-refractivity contribution in [3.63, 3.8) is 0 Å². The molecule has 0 saturated heterocycles. The number of H-pyrrole nitrogens is 1. The number of nitrogens with zero attached hydrogens (tertiary/aromatic N) is 4. The monoisotopic (exact) mass is 203 g/mol. The number of pyridine rings is 1. The van der Waals surface area contributed by atoms with Gasteiger partial charge < -0.3 is 11.5 Å². The molecule has 5 N–H and O–H groups in total. The molecule has 0 aliphatic rings.